The molecule has 1 saturated carbocycles. The van der Waals surface area contributed by atoms with Gasteiger partial charge in [0.1, 0.15) is 6.10 Å². The molecule has 0 radical (unpaired) electrons. The molecule has 1 saturated heterocycles. The van der Waals surface area contributed by atoms with Crippen molar-refractivity contribution < 1.29 is 42.8 Å². The first-order chi connectivity index (χ1) is 17.8. The Balaban J connectivity index is 1.72. The van der Waals surface area contributed by atoms with Crippen LogP contribution in [0.2, 0.25) is 0 Å². The smallest absolute Gasteiger partial charge is 0.331 e. The topological polar surface area (TPSA) is 132 Å². The molecule has 1 aliphatic carbocycles. The summed E-state index contributed by atoms with van der Waals surface area (Å²) in [6.45, 7) is 5.65. The Kier molecular flexibility index (Phi) is 10.9. The monoisotopic (exact) mass is 522 g/mol. The maximum Gasteiger partial charge on any atom is 0.331 e. The third-order valence-electron chi connectivity index (χ3n) is 6.44. The largest absolute Gasteiger partial charge is 0.493 e. The van der Waals surface area contributed by atoms with Crippen LogP contribution in [-0.4, -0.2) is 74.8 Å². The Labute approximate surface area is 217 Å². The molecule has 11 nitrogen and oxygen atoms in total. The molecule has 4 atom stereocenters. The molecule has 0 aromatic carbocycles. The minimum absolute atomic E-state index is 0.0153. The number of aromatic nitrogens is 1. The van der Waals surface area contributed by atoms with Gasteiger partial charge in [0.25, 0.3) is 5.91 Å². The van der Waals surface area contributed by atoms with Crippen molar-refractivity contribution >= 4 is 17.8 Å². The number of amides is 1. The number of carbonyl (C=O) groups excluding carboxylic acids is 3. The number of carbonyl (C=O) groups is 3. The first-order valence-corrected chi connectivity index (χ1v) is 12.8. The summed E-state index contributed by atoms with van der Waals surface area (Å²) < 4.78 is 33.4. The molecule has 37 heavy (non-hydrogen) atoms. The number of cyclic esters (lactones) is 1. The van der Waals surface area contributed by atoms with Crippen LogP contribution in [-0.2, 0) is 28.5 Å². The zero-order valence-corrected chi connectivity index (χ0v) is 22.0. The lowest BCUT2D eigenvalue weighted by molar-refractivity contribution is -0.155. The first-order valence-electron chi connectivity index (χ1n) is 12.8. The molecule has 1 aliphatic heterocycles. The Hall–Kier alpha value is -2.92. The fourth-order valence-corrected chi connectivity index (χ4v) is 4.12. The number of pyridine rings is 1. The van der Waals surface area contributed by atoms with Crippen LogP contribution in [0.3, 0.4) is 0 Å². The van der Waals surface area contributed by atoms with Crippen LogP contribution in [0.5, 0.6) is 11.5 Å². The molecule has 0 spiro atoms. The number of hydrogen-bond donors (Lipinski definition) is 1. The van der Waals surface area contributed by atoms with Gasteiger partial charge in [0.15, 0.2) is 23.2 Å². The van der Waals surface area contributed by atoms with Crippen LogP contribution in [0.4, 0.5) is 0 Å². The van der Waals surface area contributed by atoms with E-state index in [9.17, 15) is 14.4 Å². The van der Waals surface area contributed by atoms with E-state index in [1.807, 2.05) is 6.92 Å². The number of unbranched alkanes of at least 4 members (excludes halogenated alkanes) is 1. The van der Waals surface area contributed by atoms with Crippen molar-refractivity contribution in [3.63, 3.8) is 0 Å². The van der Waals surface area contributed by atoms with Gasteiger partial charge in [-0.1, -0.05) is 19.8 Å². The minimum atomic E-state index is -1.07. The molecule has 3 rings (SSSR count). The average molecular weight is 523 g/mol. The van der Waals surface area contributed by atoms with E-state index in [1.54, 1.807) is 0 Å². The van der Waals surface area contributed by atoms with Gasteiger partial charge in [0.2, 0.25) is 6.79 Å². The molecular weight excluding hydrogens is 484 g/mol. The van der Waals surface area contributed by atoms with E-state index in [2.05, 4.69) is 17.2 Å². The van der Waals surface area contributed by atoms with Crippen molar-refractivity contribution in [3.05, 3.63) is 18.0 Å². The predicted octanol–water partition coefficient (Wildman–Crippen LogP) is 2.65. The maximum atomic E-state index is 13.2. The molecule has 1 aromatic rings. The van der Waals surface area contributed by atoms with Crippen LogP contribution in [0.25, 0.3) is 0 Å². The Bertz CT molecular complexity index is 921. The number of rotatable bonds is 12. The van der Waals surface area contributed by atoms with Crippen molar-refractivity contribution in [2.24, 2.45) is 11.8 Å². The van der Waals surface area contributed by atoms with Crippen molar-refractivity contribution in [1.29, 1.82) is 0 Å². The minimum Gasteiger partial charge on any atom is -0.493 e. The first kappa shape index (κ1) is 28.6. The van der Waals surface area contributed by atoms with Crippen LogP contribution in [0.1, 0.15) is 63.4 Å². The lowest BCUT2D eigenvalue weighted by Gasteiger charge is -2.30. The van der Waals surface area contributed by atoms with Crippen molar-refractivity contribution in [2.45, 2.75) is 71.1 Å². The van der Waals surface area contributed by atoms with Gasteiger partial charge in [0, 0.05) is 31.7 Å². The molecule has 206 valence electrons. The van der Waals surface area contributed by atoms with Gasteiger partial charge in [-0.15, -0.1) is 0 Å². The summed E-state index contributed by atoms with van der Waals surface area (Å²) in [5, 5.41) is 2.64. The molecule has 1 amide bonds. The van der Waals surface area contributed by atoms with E-state index >= 15 is 0 Å². The van der Waals surface area contributed by atoms with Gasteiger partial charge < -0.3 is 33.7 Å². The number of methoxy groups -OCH3 is 1. The van der Waals surface area contributed by atoms with Gasteiger partial charge in [-0.2, -0.15) is 0 Å². The molecule has 0 bridgehead atoms. The second kappa shape index (κ2) is 14.1. The molecular formula is C26H38N2O9. The number of nitrogens with zero attached hydrogens (tertiary/aromatic N) is 1. The molecule has 1 aromatic heterocycles. The molecule has 2 aliphatic rings. The van der Waals surface area contributed by atoms with E-state index in [1.165, 1.54) is 39.1 Å². The lowest BCUT2D eigenvalue weighted by atomic mass is 9.91. The molecule has 2 fully saturated rings. The van der Waals surface area contributed by atoms with Crippen LogP contribution in [0, 0.1) is 11.8 Å². The van der Waals surface area contributed by atoms with Gasteiger partial charge in [-0.25, -0.2) is 9.78 Å². The maximum absolute atomic E-state index is 13.2. The van der Waals surface area contributed by atoms with Gasteiger partial charge in [-0.3, -0.25) is 9.59 Å². The highest BCUT2D eigenvalue weighted by molar-refractivity contribution is 5.98. The molecule has 1 N–H and O–H groups in total. The van der Waals surface area contributed by atoms with Gasteiger partial charge in [-0.05, 0) is 32.1 Å². The zero-order valence-electron chi connectivity index (χ0n) is 22.0. The van der Waals surface area contributed by atoms with Crippen LogP contribution < -0.4 is 14.8 Å². The normalized spacial score (nSPS) is 24.2. The fraction of sp³-hybridized carbons (Fsp3) is 0.692. The van der Waals surface area contributed by atoms with E-state index in [0.29, 0.717) is 19.1 Å². The van der Waals surface area contributed by atoms with Gasteiger partial charge in [0.05, 0.1) is 26.4 Å². The number of nitrogens with one attached hydrogen (secondary N) is 1. The van der Waals surface area contributed by atoms with E-state index in [4.69, 9.17) is 28.4 Å². The lowest BCUT2D eigenvalue weighted by Crippen LogP contribution is -2.46. The summed E-state index contributed by atoms with van der Waals surface area (Å²) in [4.78, 5) is 41.4. The number of hydrogen-bond acceptors (Lipinski definition) is 10. The second-order valence-electron chi connectivity index (χ2n) is 9.42. The summed E-state index contributed by atoms with van der Waals surface area (Å²) in [5.74, 6) is -1.08. The van der Waals surface area contributed by atoms with E-state index < -0.39 is 36.8 Å². The third-order valence-corrected chi connectivity index (χ3v) is 6.44. The van der Waals surface area contributed by atoms with E-state index in [-0.39, 0.29) is 35.8 Å². The number of ether oxygens (including phenoxy) is 6. The van der Waals surface area contributed by atoms with Crippen molar-refractivity contribution in [1.82, 2.24) is 10.3 Å². The molecule has 0 unspecified atom stereocenters. The van der Waals surface area contributed by atoms with E-state index in [0.717, 1.165) is 19.3 Å². The predicted molar refractivity (Wildman–Crippen MR) is 131 cm³/mol. The van der Waals surface area contributed by atoms with Crippen molar-refractivity contribution in [3.8, 4) is 11.5 Å². The van der Waals surface area contributed by atoms with Crippen LogP contribution >= 0.6 is 0 Å². The Morgan fingerprint density at radius 3 is 2.70 bits per heavy atom. The van der Waals surface area contributed by atoms with Crippen LogP contribution in [0.15, 0.2) is 12.3 Å². The van der Waals surface area contributed by atoms with Crippen molar-refractivity contribution in [2.75, 3.05) is 33.7 Å². The summed E-state index contributed by atoms with van der Waals surface area (Å²) in [6.07, 6.45) is 5.94. The summed E-state index contributed by atoms with van der Waals surface area (Å²) in [6, 6.07) is 0.426. The summed E-state index contributed by atoms with van der Waals surface area (Å²) in [5.41, 5.74) is -0.140. The van der Waals surface area contributed by atoms with Gasteiger partial charge >= 0.3 is 11.9 Å². The Morgan fingerprint density at radius 2 is 2.03 bits per heavy atom. The highest BCUT2D eigenvalue weighted by Gasteiger charge is 2.36. The second-order valence-corrected chi connectivity index (χ2v) is 9.42. The Morgan fingerprint density at radius 1 is 1.24 bits per heavy atom. The highest BCUT2D eigenvalue weighted by Crippen LogP contribution is 2.32. The molecule has 11 heteroatoms. The number of esters is 2. The molecule has 2 heterocycles. The third kappa shape index (κ3) is 8.57. The average Bonchev–Trinajstić information content (AvgIpc) is 3.69. The zero-order chi connectivity index (χ0) is 26.8. The standard InChI is InChI=1S/C26H38N2O9/c1-5-6-7-19-16(2)37-26(31)20(13-33-14-22(19)34-12-18-8-9-18)28-25(30)23-24(36-15-35-17(3)29)21(32-4)10-11-27-23/h10-11,16,18-20,22H,5-9,12-15H2,1-4H3,(H,28,30)/t16-,19-,20-,22-/m0/s1. The highest BCUT2D eigenvalue weighted by atomic mass is 16.7. The fourth-order valence-electron chi connectivity index (χ4n) is 4.12. The summed E-state index contributed by atoms with van der Waals surface area (Å²) in [7, 11) is 1.40. The quantitative estimate of drug-likeness (QED) is 0.323. The summed E-state index contributed by atoms with van der Waals surface area (Å²) >= 11 is 0. The SMILES string of the molecule is CCCC[C@H]1[C@H](C)OC(=O)[C@@H](NC(=O)c2nccc(OC)c2OCOC(C)=O)COC[C@@H]1OCC1CC1.